The molecule has 17 heavy (non-hydrogen) atoms. The van der Waals surface area contributed by atoms with Gasteiger partial charge in [-0.15, -0.1) is 0 Å². The van der Waals surface area contributed by atoms with E-state index < -0.39 is 0 Å². The van der Waals surface area contributed by atoms with Crippen molar-refractivity contribution >= 4 is 0 Å². The van der Waals surface area contributed by atoms with Crippen LogP contribution in [-0.2, 0) is 0 Å². The van der Waals surface area contributed by atoms with Crippen molar-refractivity contribution in [3.63, 3.8) is 0 Å². The molecule has 3 aliphatic rings. The second-order valence-corrected chi connectivity index (χ2v) is 5.76. The molecule has 0 radical (unpaired) electrons. The van der Waals surface area contributed by atoms with E-state index in [0.29, 0.717) is 0 Å². The van der Waals surface area contributed by atoms with Crippen LogP contribution in [0.3, 0.4) is 0 Å². The van der Waals surface area contributed by atoms with E-state index in [2.05, 4.69) is 20.4 Å². The Labute approximate surface area is 105 Å². The van der Waals surface area contributed by atoms with Gasteiger partial charge in [-0.25, -0.2) is 0 Å². The first kappa shape index (κ1) is 11.9. The van der Waals surface area contributed by atoms with E-state index in [1.54, 1.807) is 0 Å². The Morgan fingerprint density at radius 1 is 1.06 bits per heavy atom. The molecule has 2 heterocycles. The number of rotatable bonds is 5. The minimum atomic E-state index is 0.763. The molecule has 4 nitrogen and oxygen atoms in total. The summed E-state index contributed by atoms with van der Waals surface area (Å²) < 4.78 is 0. The summed E-state index contributed by atoms with van der Waals surface area (Å²) in [6.45, 7) is 9.80. The smallest absolute Gasteiger partial charge is 0.0207 e. The van der Waals surface area contributed by atoms with Gasteiger partial charge < -0.3 is 10.6 Å². The first-order chi connectivity index (χ1) is 8.42. The van der Waals surface area contributed by atoms with Crippen molar-refractivity contribution in [2.45, 2.75) is 31.3 Å². The predicted octanol–water partition coefficient (Wildman–Crippen LogP) is -0.282. The summed E-state index contributed by atoms with van der Waals surface area (Å²) >= 11 is 0. The van der Waals surface area contributed by atoms with Crippen LogP contribution in [0.15, 0.2) is 0 Å². The fourth-order valence-electron chi connectivity index (χ4n) is 3.09. The Hall–Kier alpha value is -0.160. The predicted molar refractivity (Wildman–Crippen MR) is 70.3 cm³/mol. The van der Waals surface area contributed by atoms with Gasteiger partial charge in [0.15, 0.2) is 0 Å². The molecule has 0 bridgehead atoms. The highest BCUT2D eigenvalue weighted by atomic mass is 15.2. The summed E-state index contributed by atoms with van der Waals surface area (Å²) in [5.74, 6) is 0. The molecule has 1 saturated carbocycles. The third kappa shape index (κ3) is 3.41. The van der Waals surface area contributed by atoms with Gasteiger partial charge in [0.1, 0.15) is 0 Å². The molecule has 98 valence electrons. The fourth-order valence-corrected chi connectivity index (χ4v) is 3.09. The van der Waals surface area contributed by atoms with Crippen molar-refractivity contribution in [2.24, 2.45) is 0 Å². The zero-order valence-corrected chi connectivity index (χ0v) is 10.8. The second-order valence-electron chi connectivity index (χ2n) is 5.76. The maximum atomic E-state index is 3.74. The molecule has 0 aromatic carbocycles. The number of nitrogens with zero attached hydrogens (tertiary/aromatic N) is 2. The summed E-state index contributed by atoms with van der Waals surface area (Å²) in [5, 5.41) is 7.14. The normalized spacial score (nSPS) is 32.1. The molecule has 1 unspecified atom stereocenters. The number of hydrogen-bond acceptors (Lipinski definition) is 4. The maximum absolute atomic E-state index is 3.74. The maximum Gasteiger partial charge on any atom is 0.0207 e. The monoisotopic (exact) mass is 238 g/mol. The molecule has 3 fully saturated rings. The minimum Gasteiger partial charge on any atom is -0.314 e. The Balaban J connectivity index is 1.29. The van der Waals surface area contributed by atoms with Crippen LogP contribution in [0.1, 0.15) is 19.3 Å². The Kier molecular flexibility index (Phi) is 3.96. The summed E-state index contributed by atoms with van der Waals surface area (Å²) in [5.41, 5.74) is 0. The SMILES string of the molecule is C1CN(CCNC2CCN(C3CC3)C2)CCN1. The van der Waals surface area contributed by atoms with E-state index in [0.717, 1.165) is 12.1 Å². The average Bonchev–Trinajstić information content (AvgIpc) is 3.11. The number of piperazine rings is 1. The third-order valence-corrected chi connectivity index (χ3v) is 4.35. The molecular weight excluding hydrogens is 212 g/mol. The van der Waals surface area contributed by atoms with E-state index in [1.165, 1.54) is 71.6 Å². The van der Waals surface area contributed by atoms with Gasteiger partial charge in [-0.3, -0.25) is 9.80 Å². The first-order valence-electron chi connectivity index (χ1n) is 7.32. The number of hydrogen-bond donors (Lipinski definition) is 2. The average molecular weight is 238 g/mol. The lowest BCUT2D eigenvalue weighted by molar-refractivity contribution is 0.237. The zero-order chi connectivity index (χ0) is 11.5. The third-order valence-electron chi connectivity index (χ3n) is 4.35. The van der Waals surface area contributed by atoms with Gasteiger partial charge in [-0.1, -0.05) is 0 Å². The van der Waals surface area contributed by atoms with Crippen LogP contribution < -0.4 is 10.6 Å². The van der Waals surface area contributed by atoms with Crippen LogP contribution >= 0.6 is 0 Å². The Morgan fingerprint density at radius 3 is 2.65 bits per heavy atom. The van der Waals surface area contributed by atoms with Gasteiger partial charge in [0.05, 0.1) is 0 Å². The van der Waals surface area contributed by atoms with Crippen LogP contribution in [-0.4, -0.2) is 74.2 Å². The van der Waals surface area contributed by atoms with Crippen molar-refractivity contribution in [1.29, 1.82) is 0 Å². The topological polar surface area (TPSA) is 30.5 Å². The van der Waals surface area contributed by atoms with Gasteiger partial charge >= 0.3 is 0 Å². The molecule has 2 saturated heterocycles. The van der Waals surface area contributed by atoms with Gasteiger partial charge in [0, 0.05) is 64.4 Å². The number of nitrogens with one attached hydrogen (secondary N) is 2. The van der Waals surface area contributed by atoms with Gasteiger partial charge in [0.2, 0.25) is 0 Å². The molecule has 4 heteroatoms. The van der Waals surface area contributed by atoms with Crippen molar-refractivity contribution in [1.82, 2.24) is 20.4 Å². The van der Waals surface area contributed by atoms with Gasteiger partial charge in [-0.2, -0.15) is 0 Å². The summed E-state index contributed by atoms with van der Waals surface area (Å²) in [7, 11) is 0. The highest BCUT2D eigenvalue weighted by Crippen LogP contribution is 2.29. The lowest BCUT2D eigenvalue weighted by atomic mass is 10.2. The molecule has 0 spiro atoms. The van der Waals surface area contributed by atoms with Gasteiger partial charge in [-0.05, 0) is 19.3 Å². The molecule has 3 rings (SSSR count). The van der Waals surface area contributed by atoms with Crippen molar-refractivity contribution in [3.05, 3.63) is 0 Å². The van der Waals surface area contributed by atoms with Crippen LogP contribution in [0.4, 0.5) is 0 Å². The van der Waals surface area contributed by atoms with Crippen molar-refractivity contribution in [3.8, 4) is 0 Å². The first-order valence-corrected chi connectivity index (χ1v) is 7.32. The van der Waals surface area contributed by atoms with E-state index in [9.17, 15) is 0 Å². The van der Waals surface area contributed by atoms with E-state index in [-0.39, 0.29) is 0 Å². The summed E-state index contributed by atoms with van der Waals surface area (Å²) in [6, 6.07) is 1.72. The molecular formula is C13H26N4. The summed E-state index contributed by atoms with van der Waals surface area (Å²) in [6.07, 6.45) is 4.26. The molecule has 1 aliphatic carbocycles. The fraction of sp³-hybridized carbons (Fsp3) is 1.00. The van der Waals surface area contributed by atoms with Crippen LogP contribution in [0.5, 0.6) is 0 Å². The largest absolute Gasteiger partial charge is 0.314 e. The van der Waals surface area contributed by atoms with Crippen molar-refractivity contribution in [2.75, 3.05) is 52.4 Å². The van der Waals surface area contributed by atoms with E-state index in [1.807, 2.05) is 0 Å². The molecule has 2 N–H and O–H groups in total. The highest BCUT2D eigenvalue weighted by molar-refractivity contribution is 4.91. The molecule has 2 aliphatic heterocycles. The van der Waals surface area contributed by atoms with E-state index in [4.69, 9.17) is 0 Å². The molecule has 1 atom stereocenters. The quantitative estimate of drug-likeness (QED) is 0.689. The highest BCUT2D eigenvalue weighted by Gasteiger charge is 2.33. The lowest BCUT2D eigenvalue weighted by Crippen LogP contribution is -2.47. The van der Waals surface area contributed by atoms with E-state index >= 15 is 0 Å². The minimum absolute atomic E-state index is 0.763. The Morgan fingerprint density at radius 2 is 1.88 bits per heavy atom. The Bertz CT molecular complexity index is 236. The van der Waals surface area contributed by atoms with Crippen molar-refractivity contribution < 1.29 is 0 Å². The summed E-state index contributed by atoms with van der Waals surface area (Å²) in [4.78, 5) is 5.25. The molecule has 0 amide bonds. The number of likely N-dealkylation sites (tertiary alicyclic amines) is 1. The molecule has 0 aromatic heterocycles. The second kappa shape index (κ2) is 5.65. The standard InChI is InChI=1S/C13H26N4/c1-2-13(1)17-7-3-12(11-17)15-6-10-16-8-4-14-5-9-16/h12-15H,1-11H2. The van der Waals surface area contributed by atoms with Crippen LogP contribution in [0.2, 0.25) is 0 Å². The van der Waals surface area contributed by atoms with Gasteiger partial charge in [0.25, 0.3) is 0 Å². The van der Waals surface area contributed by atoms with Crippen LogP contribution in [0.25, 0.3) is 0 Å². The van der Waals surface area contributed by atoms with Crippen LogP contribution in [0, 0.1) is 0 Å². The zero-order valence-electron chi connectivity index (χ0n) is 10.8. The molecule has 0 aromatic rings. The lowest BCUT2D eigenvalue weighted by Gasteiger charge is -2.27.